The molecule has 0 bridgehead atoms. The summed E-state index contributed by atoms with van der Waals surface area (Å²) in [5.74, 6) is 0.170. The summed E-state index contributed by atoms with van der Waals surface area (Å²) < 4.78 is 1.80. The predicted molar refractivity (Wildman–Crippen MR) is 35.9 cm³/mol. The molecule has 3 heteroatoms. The summed E-state index contributed by atoms with van der Waals surface area (Å²) in [5, 5.41) is 0. The molecule has 0 atom stereocenters. The van der Waals surface area contributed by atoms with Crippen molar-refractivity contribution in [2.24, 2.45) is 0 Å². The third kappa shape index (κ3) is 2.11. The van der Waals surface area contributed by atoms with Crippen LogP contribution in [-0.4, -0.2) is 26.5 Å². The zero-order valence-corrected chi connectivity index (χ0v) is 6.86. The summed E-state index contributed by atoms with van der Waals surface area (Å²) in [7, 11) is 1.32. The van der Waals surface area contributed by atoms with Gasteiger partial charge in [0.05, 0.1) is 0 Å². The Morgan fingerprint density at radius 1 is 1.50 bits per heavy atom. The second-order valence-corrected chi connectivity index (χ2v) is 4.59. The van der Waals surface area contributed by atoms with Gasteiger partial charge in [-0.2, -0.15) is 0 Å². The quantitative estimate of drug-likeness (QED) is 0.479. The average molecular weight is 130 g/mol. The highest BCUT2D eigenvalue weighted by Gasteiger charge is 2.06. The lowest BCUT2D eigenvalue weighted by atomic mass is 10.7. The third-order valence-electron chi connectivity index (χ3n) is 1.14. The molecule has 47 valence electrons. The van der Waals surface area contributed by atoms with Gasteiger partial charge < -0.3 is 4.57 Å². The van der Waals surface area contributed by atoms with Gasteiger partial charge in [0.2, 0.25) is 5.91 Å². The molecule has 0 rings (SSSR count). The lowest BCUT2D eigenvalue weighted by Crippen LogP contribution is -2.34. The first kappa shape index (κ1) is 7.69. The number of carbonyl (C=O) groups is 1. The Morgan fingerprint density at radius 3 is 1.88 bits per heavy atom. The molecule has 8 heavy (non-hydrogen) atoms. The molecule has 0 saturated heterocycles. The molecule has 0 aliphatic rings. The van der Waals surface area contributed by atoms with Crippen LogP contribution in [0.3, 0.4) is 0 Å². The van der Waals surface area contributed by atoms with Crippen LogP contribution in [0.1, 0.15) is 6.92 Å². The van der Waals surface area contributed by atoms with Gasteiger partial charge in [0.25, 0.3) is 0 Å². The highest BCUT2D eigenvalue weighted by atomic mass is 28.3. The van der Waals surface area contributed by atoms with E-state index in [2.05, 4.69) is 13.1 Å². The first-order valence-electron chi connectivity index (χ1n) is 2.60. The maximum atomic E-state index is 10.5. The molecule has 0 unspecified atom stereocenters. The Hall–Kier alpha value is -0.313. The maximum Gasteiger partial charge on any atom is 0.211 e. The minimum Gasteiger partial charge on any atom is -0.373 e. The molecule has 0 heterocycles. The number of carbonyl (C=O) groups excluding carboxylic acids is 1. The van der Waals surface area contributed by atoms with Gasteiger partial charge >= 0.3 is 0 Å². The van der Waals surface area contributed by atoms with Gasteiger partial charge in [-0.25, -0.2) is 0 Å². The molecule has 2 nitrogen and oxygen atoms in total. The van der Waals surface area contributed by atoms with Crippen LogP contribution in [0.5, 0.6) is 0 Å². The van der Waals surface area contributed by atoms with Gasteiger partial charge in [0.15, 0.2) is 8.96 Å². The van der Waals surface area contributed by atoms with Crippen molar-refractivity contribution in [3.8, 4) is 0 Å². The van der Waals surface area contributed by atoms with Crippen molar-refractivity contribution in [2.75, 3.05) is 7.05 Å². The van der Waals surface area contributed by atoms with Crippen LogP contribution in [0.2, 0.25) is 13.1 Å². The molecule has 0 aliphatic heterocycles. The fraction of sp³-hybridized carbons (Fsp3) is 0.800. The molecule has 0 aromatic heterocycles. The van der Waals surface area contributed by atoms with Crippen LogP contribution < -0.4 is 0 Å². The van der Waals surface area contributed by atoms with Crippen LogP contribution in [-0.2, 0) is 4.79 Å². The normalized spacial score (nSPS) is 9.62. The first-order valence-corrected chi connectivity index (χ1v) is 5.05. The molecule has 0 spiro atoms. The van der Waals surface area contributed by atoms with Crippen molar-refractivity contribution in [3.63, 3.8) is 0 Å². The SMILES string of the molecule is CC(=O)N(C)[Si](C)C. The van der Waals surface area contributed by atoms with E-state index in [0.29, 0.717) is 0 Å². The lowest BCUT2D eigenvalue weighted by Gasteiger charge is -2.16. The fourth-order valence-electron chi connectivity index (χ4n) is 0.315. The largest absolute Gasteiger partial charge is 0.373 e. The van der Waals surface area contributed by atoms with Crippen molar-refractivity contribution in [3.05, 3.63) is 0 Å². The van der Waals surface area contributed by atoms with E-state index in [-0.39, 0.29) is 5.91 Å². The maximum absolute atomic E-state index is 10.5. The van der Waals surface area contributed by atoms with Crippen molar-refractivity contribution >= 4 is 14.9 Å². The molecule has 0 aliphatic carbocycles. The molecule has 1 radical (unpaired) electrons. The van der Waals surface area contributed by atoms with Gasteiger partial charge in [-0.15, -0.1) is 0 Å². The minimum atomic E-state index is -0.528. The summed E-state index contributed by atoms with van der Waals surface area (Å²) in [5.41, 5.74) is 0. The van der Waals surface area contributed by atoms with Gasteiger partial charge in [-0.05, 0) is 0 Å². The zero-order chi connectivity index (χ0) is 6.73. The summed E-state index contributed by atoms with van der Waals surface area (Å²) in [4.78, 5) is 10.5. The van der Waals surface area contributed by atoms with Crippen LogP contribution >= 0.6 is 0 Å². The average Bonchev–Trinajstić information content (AvgIpc) is 1.64. The summed E-state index contributed by atoms with van der Waals surface area (Å²) in [6.07, 6.45) is 0. The van der Waals surface area contributed by atoms with E-state index < -0.39 is 8.96 Å². The predicted octanol–water partition coefficient (Wildman–Crippen LogP) is 0.716. The summed E-state index contributed by atoms with van der Waals surface area (Å²) in [6.45, 7) is 5.77. The number of hydrogen-bond donors (Lipinski definition) is 0. The first-order chi connectivity index (χ1) is 3.55. The van der Waals surface area contributed by atoms with Crippen LogP contribution in [0.4, 0.5) is 0 Å². The highest BCUT2D eigenvalue weighted by Crippen LogP contribution is 1.88. The van der Waals surface area contributed by atoms with E-state index in [1.54, 1.807) is 11.5 Å². The van der Waals surface area contributed by atoms with E-state index in [0.717, 1.165) is 0 Å². The minimum absolute atomic E-state index is 0.170. The third-order valence-corrected chi connectivity index (χ3v) is 2.80. The smallest absolute Gasteiger partial charge is 0.211 e. The molecule has 0 saturated carbocycles. The van der Waals surface area contributed by atoms with Gasteiger partial charge in [-0.3, -0.25) is 4.79 Å². The molecule has 0 N–H and O–H groups in total. The van der Waals surface area contributed by atoms with Crippen molar-refractivity contribution in [1.82, 2.24) is 4.57 Å². The van der Waals surface area contributed by atoms with E-state index in [1.165, 1.54) is 0 Å². The number of hydrogen-bond acceptors (Lipinski definition) is 1. The van der Waals surface area contributed by atoms with Crippen LogP contribution in [0, 0.1) is 0 Å². The number of amides is 1. The van der Waals surface area contributed by atoms with E-state index in [9.17, 15) is 4.79 Å². The molecular formula is C5H12NOSi. The van der Waals surface area contributed by atoms with Crippen LogP contribution in [0.15, 0.2) is 0 Å². The van der Waals surface area contributed by atoms with E-state index >= 15 is 0 Å². The molecule has 0 fully saturated rings. The number of nitrogens with zero attached hydrogens (tertiary/aromatic N) is 1. The molecule has 1 amide bonds. The Kier molecular flexibility index (Phi) is 2.75. The van der Waals surface area contributed by atoms with Crippen molar-refractivity contribution in [1.29, 1.82) is 0 Å². The Balaban J connectivity index is 3.64. The second-order valence-electron chi connectivity index (χ2n) is 2.03. The zero-order valence-electron chi connectivity index (χ0n) is 5.86. The van der Waals surface area contributed by atoms with E-state index in [4.69, 9.17) is 0 Å². The standard InChI is InChI=1S/C5H12NOSi/c1-5(7)6(2)8(3)4/h1-4H3. The van der Waals surface area contributed by atoms with E-state index in [1.807, 2.05) is 7.05 Å². The molecule has 0 aromatic carbocycles. The summed E-state index contributed by atoms with van der Waals surface area (Å²) in [6, 6.07) is 0. The second kappa shape index (κ2) is 2.87. The summed E-state index contributed by atoms with van der Waals surface area (Å²) >= 11 is 0. The topological polar surface area (TPSA) is 20.3 Å². The lowest BCUT2D eigenvalue weighted by molar-refractivity contribution is -0.123. The van der Waals surface area contributed by atoms with Gasteiger partial charge in [0.1, 0.15) is 0 Å². The van der Waals surface area contributed by atoms with Crippen molar-refractivity contribution in [2.45, 2.75) is 20.0 Å². The van der Waals surface area contributed by atoms with Crippen molar-refractivity contribution < 1.29 is 4.79 Å². The number of rotatable bonds is 1. The van der Waals surface area contributed by atoms with Crippen LogP contribution in [0.25, 0.3) is 0 Å². The monoisotopic (exact) mass is 130 g/mol. The molecule has 0 aromatic rings. The Labute approximate surface area is 52.2 Å². The molecular weight excluding hydrogens is 118 g/mol. The Morgan fingerprint density at radius 2 is 1.88 bits per heavy atom. The highest BCUT2D eigenvalue weighted by molar-refractivity contribution is 6.55. The van der Waals surface area contributed by atoms with Gasteiger partial charge in [0, 0.05) is 14.0 Å². The van der Waals surface area contributed by atoms with Gasteiger partial charge in [-0.1, -0.05) is 13.1 Å². The fourth-order valence-corrected chi connectivity index (χ4v) is 0.945. The Bertz CT molecular complexity index is 92.4.